The van der Waals surface area contributed by atoms with E-state index in [0.29, 0.717) is 22.3 Å². The molecule has 4 rings (SSSR count). The van der Waals surface area contributed by atoms with Crippen LogP contribution in [0.2, 0.25) is 0 Å². The minimum atomic E-state index is -3.89. The molecule has 0 saturated carbocycles. The second kappa shape index (κ2) is 7.24. The molecule has 10 heteroatoms. The van der Waals surface area contributed by atoms with Crippen molar-refractivity contribution in [3.63, 3.8) is 0 Å². The van der Waals surface area contributed by atoms with E-state index in [2.05, 4.69) is 15.0 Å². The number of aromatic nitrogens is 3. The van der Waals surface area contributed by atoms with Crippen molar-refractivity contribution in [2.45, 2.75) is 9.79 Å². The van der Waals surface area contributed by atoms with Crippen molar-refractivity contribution in [2.75, 3.05) is 6.26 Å². The SMILES string of the molecule is CS(=O)(=O)c1ccc(-c2ccnc3ccc(-c4cncc(S(N)(=O)=O)c4)nc23)cc1. The number of nitrogens with two attached hydrogens (primary N) is 1. The Balaban J connectivity index is 1.86. The van der Waals surface area contributed by atoms with Gasteiger partial charge in [0.15, 0.2) is 9.84 Å². The van der Waals surface area contributed by atoms with Crippen molar-refractivity contribution in [3.05, 3.63) is 67.1 Å². The van der Waals surface area contributed by atoms with Crippen molar-refractivity contribution >= 4 is 30.9 Å². The molecule has 0 aliphatic rings. The van der Waals surface area contributed by atoms with Crippen molar-refractivity contribution in [3.8, 4) is 22.4 Å². The van der Waals surface area contributed by atoms with Crippen molar-refractivity contribution in [2.24, 2.45) is 5.14 Å². The number of fused-ring (bicyclic) bond motifs is 1. The van der Waals surface area contributed by atoms with E-state index in [1.54, 1.807) is 48.7 Å². The maximum Gasteiger partial charge on any atom is 0.239 e. The molecule has 8 nitrogen and oxygen atoms in total. The third-order valence-corrected chi connectivity index (χ3v) is 6.52. The quantitative estimate of drug-likeness (QED) is 0.515. The lowest BCUT2D eigenvalue weighted by Gasteiger charge is -2.09. The van der Waals surface area contributed by atoms with Gasteiger partial charge in [0.1, 0.15) is 4.90 Å². The van der Waals surface area contributed by atoms with Gasteiger partial charge in [-0.2, -0.15) is 0 Å². The summed E-state index contributed by atoms with van der Waals surface area (Å²) in [7, 11) is -7.19. The zero-order valence-electron chi connectivity index (χ0n) is 15.7. The Morgan fingerprint density at radius 3 is 2.23 bits per heavy atom. The number of hydrogen-bond acceptors (Lipinski definition) is 7. The fourth-order valence-electron chi connectivity index (χ4n) is 3.02. The first-order valence-electron chi connectivity index (χ1n) is 8.67. The molecular weight excluding hydrogens is 424 g/mol. The minimum Gasteiger partial charge on any atom is -0.263 e. The molecule has 0 aliphatic heterocycles. The predicted octanol–water partition coefficient (Wildman–Crippen LogP) is 2.41. The Morgan fingerprint density at radius 1 is 0.833 bits per heavy atom. The Hall–Kier alpha value is -3.21. The second-order valence-electron chi connectivity index (χ2n) is 6.67. The van der Waals surface area contributed by atoms with Crippen LogP contribution in [0.15, 0.2) is 76.9 Å². The van der Waals surface area contributed by atoms with Gasteiger partial charge in [0.25, 0.3) is 0 Å². The van der Waals surface area contributed by atoms with Gasteiger partial charge in [-0.25, -0.2) is 27.0 Å². The minimum absolute atomic E-state index is 0.107. The van der Waals surface area contributed by atoms with E-state index >= 15 is 0 Å². The molecule has 0 bridgehead atoms. The van der Waals surface area contributed by atoms with E-state index in [1.165, 1.54) is 18.5 Å². The summed E-state index contributed by atoms with van der Waals surface area (Å²) >= 11 is 0. The molecule has 2 N–H and O–H groups in total. The van der Waals surface area contributed by atoms with Crippen LogP contribution in [0.5, 0.6) is 0 Å². The molecule has 3 aromatic heterocycles. The fourth-order valence-corrected chi connectivity index (χ4v) is 4.14. The van der Waals surface area contributed by atoms with E-state index in [9.17, 15) is 16.8 Å². The summed E-state index contributed by atoms with van der Waals surface area (Å²) in [6.45, 7) is 0. The van der Waals surface area contributed by atoms with Crippen LogP contribution in [0.25, 0.3) is 33.4 Å². The number of sulfone groups is 1. The Bertz CT molecular complexity index is 1480. The Kier molecular flexibility index (Phi) is 4.85. The van der Waals surface area contributed by atoms with Crippen molar-refractivity contribution in [1.82, 2.24) is 15.0 Å². The van der Waals surface area contributed by atoms with Gasteiger partial charge < -0.3 is 0 Å². The number of hydrogen-bond donors (Lipinski definition) is 1. The second-order valence-corrected chi connectivity index (χ2v) is 10.3. The molecule has 0 atom stereocenters. The standard InChI is InChI=1S/C20H16N4O4S2/c1-29(25,26)15-4-2-13(3-5-15)17-8-9-23-19-7-6-18(24-20(17)19)14-10-16(12-22-11-14)30(21,27)28/h2-12H,1H3,(H2,21,27,28). The third kappa shape index (κ3) is 3.92. The average Bonchev–Trinajstić information content (AvgIpc) is 2.72. The zero-order chi connectivity index (χ0) is 21.5. The van der Waals surface area contributed by atoms with Crippen molar-refractivity contribution < 1.29 is 16.8 Å². The molecule has 0 radical (unpaired) electrons. The molecule has 0 aliphatic carbocycles. The van der Waals surface area contributed by atoms with Crippen LogP contribution in [-0.2, 0) is 19.9 Å². The Morgan fingerprint density at radius 2 is 1.57 bits per heavy atom. The van der Waals surface area contributed by atoms with Gasteiger partial charge in [0, 0.05) is 36.0 Å². The summed E-state index contributed by atoms with van der Waals surface area (Å²) in [5.74, 6) is 0. The highest BCUT2D eigenvalue weighted by Gasteiger charge is 2.13. The lowest BCUT2D eigenvalue weighted by molar-refractivity contribution is 0.597. The molecule has 0 fully saturated rings. The van der Waals surface area contributed by atoms with Gasteiger partial charge in [-0.05, 0) is 42.0 Å². The van der Waals surface area contributed by atoms with Crippen LogP contribution >= 0.6 is 0 Å². The van der Waals surface area contributed by atoms with E-state index < -0.39 is 19.9 Å². The number of pyridine rings is 3. The van der Waals surface area contributed by atoms with Gasteiger partial charge in [0.2, 0.25) is 10.0 Å². The number of benzene rings is 1. The van der Waals surface area contributed by atoms with Crippen LogP contribution in [0.1, 0.15) is 0 Å². The van der Waals surface area contributed by atoms with Gasteiger partial charge in [-0.15, -0.1) is 0 Å². The first-order valence-corrected chi connectivity index (χ1v) is 12.1. The molecule has 0 unspecified atom stereocenters. The number of rotatable bonds is 4. The highest BCUT2D eigenvalue weighted by Crippen LogP contribution is 2.29. The van der Waals surface area contributed by atoms with E-state index in [4.69, 9.17) is 5.14 Å². The lowest BCUT2D eigenvalue weighted by Crippen LogP contribution is -2.12. The highest BCUT2D eigenvalue weighted by molar-refractivity contribution is 7.90. The first-order chi connectivity index (χ1) is 14.1. The van der Waals surface area contributed by atoms with Gasteiger partial charge >= 0.3 is 0 Å². The Labute approximate surface area is 173 Å². The molecule has 0 amide bonds. The number of sulfonamides is 1. The lowest BCUT2D eigenvalue weighted by atomic mass is 10.0. The van der Waals surface area contributed by atoms with Gasteiger partial charge in [-0.1, -0.05) is 12.1 Å². The molecule has 3 heterocycles. The average molecular weight is 441 g/mol. The highest BCUT2D eigenvalue weighted by atomic mass is 32.2. The zero-order valence-corrected chi connectivity index (χ0v) is 17.4. The monoisotopic (exact) mass is 440 g/mol. The molecule has 4 aromatic rings. The smallest absolute Gasteiger partial charge is 0.239 e. The number of primary sulfonamides is 1. The van der Waals surface area contributed by atoms with Crippen LogP contribution in [0.3, 0.4) is 0 Å². The predicted molar refractivity (Wildman–Crippen MR) is 113 cm³/mol. The first kappa shape index (κ1) is 20.1. The molecular formula is C20H16N4O4S2. The number of nitrogens with zero attached hydrogens (tertiary/aromatic N) is 3. The molecule has 0 spiro atoms. The largest absolute Gasteiger partial charge is 0.263 e. The maximum absolute atomic E-state index is 11.7. The molecule has 0 saturated heterocycles. The van der Waals surface area contributed by atoms with Crippen molar-refractivity contribution in [1.29, 1.82) is 0 Å². The molecule has 1 aromatic carbocycles. The molecule has 152 valence electrons. The normalized spacial score (nSPS) is 12.2. The van der Waals surface area contributed by atoms with E-state index in [0.717, 1.165) is 17.4 Å². The van der Waals surface area contributed by atoms with Gasteiger partial charge in [0.05, 0.1) is 21.6 Å². The fraction of sp³-hybridized carbons (Fsp3) is 0.0500. The summed E-state index contributed by atoms with van der Waals surface area (Å²) in [5, 5.41) is 5.20. The van der Waals surface area contributed by atoms with Crippen LogP contribution in [0.4, 0.5) is 0 Å². The summed E-state index contributed by atoms with van der Waals surface area (Å²) in [4.78, 5) is 13.1. The van der Waals surface area contributed by atoms with Crippen LogP contribution < -0.4 is 5.14 Å². The van der Waals surface area contributed by atoms with Gasteiger partial charge in [-0.3, -0.25) is 9.97 Å². The molecule has 30 heavy (non-hydrogen) atoms. The van der Waals surface area contributed by atoms with Crippen LogP contribution in [0, 0.1) is 0 Å². The maximum atomic E-state index is 11.7. The summed E-state index contributed by atoms with van der Waals surface area (Å²) in [5.41, 5.74) is 3.75. The third-order valence-electron chi connectivity index (χ3n) is 4.51. The summed E-state index contributed by atoms with van der Waals surface area (Å²) in [6, 6.07) is 13.2. The summed E-state index contributed by atoms with van der Waals surface area (Å²) < 4.78 is 46.7. The van der Waals surface area contributed by atoms with E-state index in [1.807, 2.05) is 0 Å². The topological polar surface area (TPSA) is 133 Å². The van der Waals surface area contributed by atoms with Crippen LogP contribution in [-0.4, -0.2) is 38.0 Å². The van der Waals surface area contributed by atoms with E-state index in [-0.39, 0.29) is 9.79 Å². The summed E-state index contributed by atoms with van der Waals surface area (Å²) in [6.07, 6.45) is 5.48.